The number of hydrogen-bond donors (Lipinski definition) is 2. The molecule has 1 fully saturated rings. The van der Waals surface area contributed by atoms with Gasteiger partial charge >= 0.3 is 11.8 Å². The SMILES string of the molecule is COc1ccc(/C(C)=N\NC(=O)C(=O)NCc2ccco2)cc1CN1CCOCC1. The number of furan rings is 1. The van der Waals surface area contributed by atoms with Crippen molar-refractivity contribution < 1.29 is 23.5 Å². The summed E-state index contributed by atoms with van der Waals surface area (Å²) < 4.78 is 16.0. The lowest BCUT2D eigenvalue weighted by Crippen LogP contribution is -2.37. The number of rotatable bonds is 7. The standard InChI is InChI=1S/C21H26N4O5/c1-15(23-24-21(27)20(26)22-13-18-4-3-9-30-18)16-5-6-19(28-2)17(12-16)14-25-7-10-29-11-8-25/h3-6,9,12H,7-8,10-11,13-14H2,1-2H3,(H,22,26)(H,24,27)/b23-15-. The van der Waals surface area contributed by atoms with E-state index in [0.717, 1.165) is 49.7 Å². The van der Waals surface area contributed by atoms with Gasteiger partial charge in [0.1, 0.15) is 11.5 Å². The Kier molecular flexibility index (Phi) is 7.58. The molecular weight excluding hydrogens is 388 g/mol. The minimum absolute atomic E-state index is 0.130. The second-order valence-corrected chi connectivity index (χ2v) is 6.82. The highest BCUT2D eigenvalue weighted by Gasteiger charge is 2.16. The van der Waals surface area contributed by atoms with Gasteiger partial charge in [-0.15, -0.1) is 0 Å². The van der Waals surface area contributed by atoms with Crippen molar-refractivity contribution >= 4 is 17.5 Å². The highest BCUT2D eigenvalue weighted by Crippen LogP contribution is 2.22. The Morgan fingerprint density at radius 1 is 1.20 bits per heavy atom. The molecule has 3 rings (SSSR count). The van der Waals surface area contributed by atoms with Gasteiger partial charge in [-0.1, -0.05) is 0 Å². The van der Waals surface area contributed by atoms with Gasteiger partial charge in [-0.05, 0) is 42.8 Å². The minimum Gasteiger partial charge on any atom is -0.496 e. The van der Waals surface area contributed by atoms with Gasteiger partial charge in [0.25, 0.3) is 0 Å². The van der Waals surface area contributed by atoms with E-state index in [0.29, 0.717) is 11.5 Å². The number of amides is 2. The zero-order valence-corrected chi connectivity index (χ0v) is 17.1. The van der Waals surface area contributed by atoms with E-state index in [1.54, 1.807) is 26.2 Å². The minimum atomic E-state index is -0.844. The van der Waals surface area contributed by atoms with Gasteiger partial charge in [0.15, 0.2) is 0 Å². The van der Waals surface area contributed by atoms with Crippen LogP contribution in [0.5, 0.6) is 5.75 Å². The van der Waals surface area contributed by atoms with Crippen LogP contribution < -0.4 is 15.5 Å². The van der Waals surface area contributed by atoms with Crippen molar-refractivity contribution in [2.75, 3.05) is 33.4 Å². The first kappa shape index (κ1) is 21.5. The Morgan fingerprint density at radius 2 is 2.00 bits per heavy atom. The molecule has 160 valence electrons. The molecule has 1 aromatic heterocycles. The summed E-state index contributed by atoms with van der Waals surface area (Å²) in [6.07, 6.45) is 1.50. The maximum absolute atomic E-state index is 12.0. The van der Waals surface area contributed by atoms with Crippen LogP contribution in [-0.2, 0) is 27.4 Å². The summed E-state index contributed by atoms with van der Waals surface area (Å²) in [5.41, 5.74) is 4.72. The number of carbonyl (C=O) groups excluding carboxylic acids is 2. The molecule has 9 nitrogen and oxygen atoms in total. The molecule has 0 radical (unpaired) electrons. The van der Waals surface area contributed by atoms with Crippen molar-refractivity contribution in [1.82, 2.24) is 15.6 Å². The van der Waals surface area contributed by atoms with Crippen LogP contribution in [0.2, 0.25) is 0 Å². The smallest absolute Gasteiger partial charge is 0.329 e. The van der Waals surface area contributed by atoms with Gasteiger partial charge in [-0.3, -0.25) is 14.5 Å². The summed E-state index contributed by atoms with van der Waals surface area (Å²) in [5, 5.41) is 6.53. The van der Waals surface area contributed by atoms with Gasteiger partial charge in [0.05, 0.1) is 38.8 Å². The number of hydrazone groups is 1. The molecule has 2 amide bonds. The number of ether oxygens (including phenoxy) is 2. The van der Waals surface area contributed by atoms with Crippen LogP contribution in [0.4, 0.5) is 0 Å². The summed E-state index contributed by atoms with van der Waals surface area (Å²) in [4.78, 5) is 26.1. The zero-order valence-electron chi connectivity index (χ0n) is 17.1. The quantitative estimate of drug-likeness (QED) is 0.402. The fourth-order valence-corrected chi connectivity index (χ4v) is 3.04. The van der Waals surface area contributed by atoms with E-state index >= 15 is 0 Å². The van der Waals surface area contributed by atoms with E-state index in [1.807, 2.05) is 18.2 Å². The third-order valence-electron chi connectivity index (χ3n) is 4.73. The van der Waals surface area contributed by atoms with Crippen molar-refractivity contribution in [3.63, 3.8) is 0 Å². The molecule has 0 aliphatic carbocycles. The van der Waals surface area contributed by atoms with Crippen LogP contribution in [0.25, 0.3) is 0 Å². The van der Waals surface area contributed by atoms with Crippen molar-refractivity contribution in [2.24, 2.45) is 5.10 Å². The number of hydrogen-bond acceptors (Lipinski definition) is 7. The van der Waals surface area contributed by atoms with Gasteiger partial charge in [-0.2, -0.15) is 5.10 Å². The molecular formula is C21H26N4O5. The first-order chi connectivity index (χ1) is 14.6. The number of nitrogens with one attached hydrogen (secondary N) is 2. The molecule has 2 aromatic rings. The van der Waals surface area contributed by atoms with E-state index in [9.17, 15) is 9.59 Å². The predicted molar refractivity (Wildman–Crippen MR) is 110 cm³/mol. The van der Waals surface area contributed by atoms with Crippen molar-refractivity contribution in [1.29, 1.82) is 0 Å². The molecule has 2 N–H and O–H groups in total. The van der Waals surface area contributed by atoms with E-state index in [1.165, 1.54) is 6.26 Å². The summed E-state index contributed by atoms with van der Waals surface area (Å²) in [6, 6.07) is 9.14. The normalized spacial score (nSPS) is 14.9. The fourth-order valence-electron chi connectivity index (χ4n) is 3.04. The highest BCUT2D eigenvalue weighted by atomic mass is 16.5. The summed E-state index contributed by atoms with van der Waals surface area (Å²) >= 11 is 0. The third-order valence-corrected chi connectivity index (χ3v) is 4.73. The van der Waals surface area contributed by atoms with Crippen LogP contribution in [-0.4, -0.2) is 55.8 Å². The van der Waals surface area contributed by atoms with Crippen LogP contribution >= 0.6 is 0 Å². The molecule has 0 atom stereocenters. The zero-order chi connectivity index (χ0) is 21.3. The van der Waals surface area contributed by atoms with Crippen molar-refractivity contribution in [3.8, 4) is 5.75 Å². The van der Waals surface area contributed by atoms with Gasteiger partial charge in [-0.25, -0.2) is 5.43 Å². The maximum atomic E-state index is 12.0. The highest BCUT2D eigenvalue weighted by molar-refractivity contribution is 6.35. The fraction of sp³-hybridized carbons (Fsp3) is 0.381. The molecule has 9 heteroatoms. The summed E-state index contributed by atoms with van der Waals surface area (Å²) in [7, 11) is 1.64. The maximum Gasteiger partial charge on any atom is 0.329 e. The number of carbonyl (C=O) groups is 2. The van der Waals surface area contributed by atoms with Crippen molar-refractivity contribution in [2.45, 2.75) is 20.0 Å². The van der Waals surface area contributed by atoms with Crippen LogP contribution in [0.15, 0.2) is 46.1 Å². The lowest BCUT2D eigenvalue weighted by Gasteiger charge is -2.27. The second-order valence-electron chi connectivity index (χ2n) is 6.82. The number of morpholine rings is 1. The lowest BCUT2D eigenvalue weighted by atomic mass is 10.1. The third kappa shape index (κ3) is 5.91. The monoisotopic (exact) mass is 414 g/mol. The van der Waals surface area contributed by atoms with E-state index in [2.05, 4.69) is 20.7 Å². The average molecular weight is 414 g/mol. The topological polar surface area (TPSA) is 105 Å². The molecule has 1 saturated heterocycles. The molecule has 1 aliphatic rings. The van der Waals surface area contributed by atoms with Gasteiger partial charge < -0.3 is 19.2 Å². The first-order valence-electron chi connectivity index (χ1n) is 9.69. The summed E-state index contributed by atoms with van der Waals surface area (Å²) in [5.74, 6) is -0.283. The number of nitrogens with zero attached hydrogens (tertiary/aromatic N) is 2. The first-order valence-corrected chi connectivity index (χ1v) is 9.69. The van der Waals surface area contributed by atoms with E-state index in [4.69, 9.17) is 13.9 Å². The predicted octanol–water partition coefficient (Wildman–Crippen LogP) is 1.28. The van der Waals surface area contributed by atoms with Gasteiger partial charge in [0.2, 0.25) is 0 Å². The van der Waals surface area contributed by atoms with E-state index < -0.39 is 11.8 Å². The largest absolute Gasteiger partial charge is 0.496 e. The Morgan fingerprint density at radius 3 is 2.70 bits per heavy atom. The Balaban J connectivity index is 1.60. The Hall–Kier alpha value is -3.17. The molecule has 1 aromatic carbocycles. The Labute approximate surface area is 175 Å². The van der Waals surface area contributed by atoms with Crippen LogP contribution in [0.1, 0.15) is 23.8 Å². The van der Waals surface area contributed by atoms with Crippen LogP contribution in [0, 0.1) is 0 Å². The average Bonchev–Trinajstić information content (AvgIpc) is 3.30. The molecule has 0 bridgehead atoms. The molecule has 30 heavy (non-hydrogen) atoms. The molecule has 0 saturated carbocycles. The number of benzene rings is 1. The van der Waals surface area contributed by atoms with Crippen molar-refractivity contribution in [3.05, 3.63) is 53.5 Å². The summed E-state index contributed by atoms with van der Waals surface area (Å²) in [6.45, 7) is 5.79. The van der Waals surface area contributed by atoms with E-state index in [-0.39, 0.29) is 6.54 Å². The molecule has 0 unspecified atom stereocenters. The van der Waals surface area contributed by atoms with Crippen LogP contribution in [0.3, 0.4) is 0 Å². The second kappa shape index (κ2) is 10.6. The lowest BCUT2D eigenvalue weighted by molar-refractivity contribution is -0.139. The molecule has 0 spiro atoms. The molecule has 2 heterocycles. The molecule has 1 aliphatic heterocycles. The van der Waals surface area contributed by atoms with Gasteiger partial charge in [0, 0.05) is 25.2 Å². The number of methoxy groups -OCH3 is 1. The Bertz CT molecular complexity index is 889.